The zero-order chi connectivity index (χ0) is 10.9. The van der Waals surface area contributed by atoms with Gasteiger partial charge in [0.1, 0.15) is 0 Å². The molecule has 90 valence electrons. The Labute approximate surface area is 94.2 Å². The summed E-state index contributed by atoms with van der Waals surface area (Å²) in [5.74, 6) is 0.720. The summed E-state index contributed by atoms with van der Waals surface area (Å²) >= 11 is 0. The van der Waals surface area contributed by atoms with Crippen molar-refractivity contribution in [2.45, 2.75) is 26.7 Å². The first-order chi connectivity index (χ1) is 7.33. The van der Waals surface area contributed by atoms with E-state index < -0.39 is 0 Å². The molecule has 3 nitrogen and oxygen atoms in total. The van der Waals surface area contributed by atoms with Gasteiger partial charge in [0, 0.05) is 39.3 Å². The van der Waals surface area contributed by atoms with Crippen LogP contribution in [0.15, 0.2) is 0 Å². The van der Waals surface area contributed by atoms with Gasteiger partial charge in [-0.15, -0.1) is 0 Å². The van der Waals surface area contributed by atoms with Crippen LogP contribution in [0.5, 0.6) is 0 Å². The van der Waals surface area contributed by atoms with E-state index in [0.717, 1.165) is 38.8 Å². The summed E-state index contributed by atoms with van der Waals surface area (Å²) in [6, 6.07) is 0. The van der Waals surface area contributed by atoms with Gasteiger partial charge in [-0.25, -0.2) is 0 Å². The van der Waals surface area contributed by atoms with E-state index in [1.807, 2.05) is 0 Å². The first-order valence-electron chi connectivity index (χ1n) is 6.33. The molecule has 1 unspecified atom stereocenters. The van der Waals surface area contributed by atoms with E-state index in [1.54, 1.807) is 0 Å². The maximum absolute atomic E-state index is 5.69. The molecular formula is C12H26N2O. The van der Waals surface area contributed by atoms with Gasteiger partial charge in [-0.2, -0.15) is 0 Å². The van der Waals surface area contributed by atoms with Crippen molar-refractivity contribution in [3.8, 4) is 0 Å². The van der Waals surface area contributed by atoms with E-state index in [4.69, 9.17) is 4.74 Å². The Balaban J connectivity index is 1.91. The van der Waals surface area contributed by atoms with Gasteiger partial charge in [0.05, 0.1) is 6.61 Å². The van der Waals surface area contributed by atoms with Crippen molar-refractivity contribution in [2.75, 3.05) is 45.9 Å². The molecule has 0 aliphatic carbocycles. The molecule has 0 aromatic carbocycles. The Hall–Kier alpha value is -0.120. The summed E-state index contributed by atoms with van der Waals surface area (Å²) in [5, 5.41) is 3.36. The van der Waals surface area contributed by atoms with Gasteiger partial charge in [-0.05, 0) is 12.3 Å². The smallest absolute Gasteiger partial charge is 0.0593 e. The number of nitrogens with zero attached hydrogens (tertiary/aromatic N) is 1. The molecular weight excluding hydrogens is 188 g/mol. The molecule has 1 saturated heterocycles. The minimum atomic E-state index is 0.720. The Kier molecular flexibility index (Phi) is 6.98. The number of hydrogen-bond donors (Lipinski definition) is 1. The summed E-state index contributed by atoms with van der Waals surface area (Å²) in [6.07, 6.45) is 2.55. The SMILES string of the molecule is CCCC(C)COCCN1CCNCC1. The van der Waals surface area contributed by atoms with Gasteiger partial charge >= 0.3 is 0 Å². The number of nitrogens with one attached hydrogen (secondary N) is 1. The summed E-state index contributed by atoms with van der Waals surface area (Å²) in [4.78, 5) is 2.47. The highest BCUT2D eigenvalue weighted by Gasteiger charge is 2.08. The molecule has 0 saturated carbocycles. The normalized spacial score (nSPS) is 20.4. The van der Waals surface area contributed by atoms with Gasteiger partial charge < -0.3 is 10.1 Å². The van der Waals surface area contributed by atoms with Crippen LogP contribution in [0.25, 0.3) is 0 Å². The second-order valence-electron chi connectivity index (χ2n) is 4.56. The minimum Gasteiger partial charge on any atom is -0.380 e. The molecule has 0 radical (unpaired) electrons. The third-order valence-electron chi connectivity index (χ3n) is 2.95. The first-order valence-corrected chi connectivity index (χ1v) is 6.33. The van der Waals surface area contributed by atoms with Crippen LogP contribution in [0, 0.1) is 5.92 Å². The second kappa shape index (κ2) is 8.08. The highest BCUT2D eigenvalue weighted by atomic mass is 16.5. The van der Waals surface area contributed by atoms with E-state index in [-0.39, 0.29) is 0 Å². The quantitative estimate of drug-likeness (QED) is 0.647. The maximum atomic E-state index is 5.69. The molecule has 1 aliphatic heterocycles. The van der Waals surface area contributed by atoms with Crippen LogP contribution in [0.3, 0.4) is 0 Å². The Bertz CT molecular complexity index is 147. The lowest BCUT2D eigenvalue weighted by molar-refractivity contribution is 0.0762. The highest BCUT2D eigenvalue weighted by molar-refractivity contribution is 4.66. The molecule has 0 spiro atoms. The van der Waals surface area contributed by atoms with Crippen LogP contribution in [0.4, 0.5) is 0 Å². The zero-order valence-corrected chi connectivity index (χ0v) is 10.3. The average molecular weight is 214 g/mol. The summed E-state index contributed by atoms with van der Waals surface area (Å²) in [7, 11) is 0. The van der Waals surface area contributed by atoms with Crippen LogP contribution < -0.4 is 5.32 Å². The molecule has 15 heavy (non-hydrogen) atoms. The summed E-state index contributed by atoms with van der Waals surface area (Å²) in [5.41, 5.74) is 0. The topological polar surface area (TPSA) is 24.5 Å². The summed E-state index contributed by atoms with van der Waals surface area (Å²) in [6.45, 7) is 12.0. The third kappa shape index (κ3) is 6.13. The summed E-state index contributed by atoms with van der Waals surface area (Å²) < 4.78 is 5.69. The molecule has 0 aromatic rings. The molecule has 3 heteroatoms. The van der Waals surface area contributed by atoms with E-state index in [2.05, 4.69) is 24.1 Å². The maximum Gasteiger partial charge on any atom is 0.0593 e. The standard InChI is InChI=1S/C12H26N2O/c1-3-4-12(2)11-15-10-9-14-7-5-13-6-8-14/h12-13H,3-11H2,1-2H3. The van der Waals surface area contributed by atoms with Crippen LogP contribution in [-0.4, -0.2) is 50.8 Å². The molecule has 1 N–H and O–H groups in total. The molecule has 0 aromatic heterocycles. The van der Waals surface area contributed by atoms with Crippen molar-refractivity contribution < 1.29 is 4.74 Å². The van der Waals surface area contributed by atoms with Crippen molar-refractivity contribution in [3.63, 3.8) is 0 Å². The molecule has 1 heterocycles. The lowest BCUT2D eigenvalue weighted by Crippen LogP contribution is -2.44. The van der Waals surface area contributed by atoms with Gasteiger partial charge in [-0.1, -0.05) is 20.3 Å². The average Bonchev–Trinajstić information content (AvgIpc) is 2.26. The minimum absolute atomic E-state index is 0.720. The number of piperazine rings is 1. The van der Waals surface area contributed by atoms with Gasteiger partial charge in [0.2, 0.25) is 0 Å². The highest BCUT2D eigenvalue weighted by Crippen LogP contribution is 2.04. The fourth-order valence-corrected chi connectivity index (χ4v) is 1.99. The van der Waals surface area contributed by atoms with Crippen molar-refractivity contribution in [2.24, 2.45) is 5.92 Å². The largest absolute Gasteiger partial charge is 0.380 e. The number of hydrogen-bond acceptors (Lipinski definition) is 3. The van der Waals surface area contributed by atoms with Crippen molar-refractivity contribution >= 4 is 0 Å². The van der Waals surface area contributed by atoms with E-state index in [1.165, 1.54) is 25.9 Å². The van der Waals surface area contributed by atoms with Crippen LogP contribution in [0.2, 0.25) is 0 Å². The fourth-order valence-electron chi connectivity index (χ4n) is 1.99. The lowest BCUT2D eigenvalue weighted by atomic mass is 10.1. The Morgan fingerprint density at radius 2 is 2.07 bits per heavy atom. The molecule has 1 atom stereocenters. The van der Waals surface area contributed by atoms with Crippen molar-refractivity contribution in [1.82, 2.24) is 10.2 Å². The van der Waals surface area contributed by atoms with Gasteiger partial charge in [0.25, 0.3) is 0 Å². The Morgan fingerprint density at radius 1 is 1.33 bits per heavy atom. The first kappa shape index (κ1) is 12.9. The second-order valence-corrected chi connectivity index (χ2v) is 4.56. The van der Waals surface area contributed by atoms with E-state index in [0.29, 0.717) is 0 Å². The Morgan fingerprint density at radius 3 is 2.73 bits per heavy atom. The van der Waals surface area contributed by atoms with Crippen LogP contribution in [0.1, 0.15) is 26.7 Å². The molecule has 1 fully saturated rings. The van der Waals surface area contributed by atoms with Crippen LogP contribution in [-0.2, 0) is 4.74 Å². The number of ether oxygens (including phenoxy) is 1. The number of rotatable bonds is 7. The molecule has 0 bridgehead atoms. The molecule has 1 rings (SSSR count). The van der Waals surface area contributed by atoms with Crippen molar-refractivity contribution in [3.05, 3.63) is 0 Å². The van der Waals surface area contributed by atoms with E-state index in [9.17, 15) is 0 Å². The molecule has 1 aliphatic rings. The lowest BCUT2D eigenvalue weighted by Gasteiger charge is -2.27. The zero-order valence-electron chi connectivity index (χ0n) is 10.3. The molecule has 0 amide bonds. The monoisotopic (exact) mass is 214 g/mol. The predicted molar refractivity (Wildman–Crippen MR) is 64.2 cm³/mol. The van der Waals surface area contributed by atoms with E-state index >= 15 is 0 Å². The predicted octanol–water partition coefficient (Wildman–Crippen LogP) is 1.34. The van der Waals surface area contributed by atoms with Gasteiger partial charge in [0.15, 0.2) is 0 Å². The fraction of sp³-hybridized carbons (Fsp3) is 1.00. The third-order valence-corrected chi connectivity index (χ3v) is 2.95. The van der Waals surface area contributed by atoms with Gasteiger partial charge in [-0.3, -0.25) is 4.90 Å². The van der Waals surface area contributed by atoms with Crippen LogP contribution >= 0.6 is 0 Å². The van der Waals surface area contributed by atoms with Crippen molar-refractivity contribution in [1.29, 1.82) is 0 Å².